The third-order valence-electron chi connectivity index (χ3n) is 4.33. The van der Waals surface area contributed by atoms with Crippen molar-refractivity contribution in [3.8, 4) is 0 Å². The summed E-state index contributed by atoms with van der Waals surface area (Å²) in [4.78, 5) is 8.56. The zero-order chi connectivity index (χ0) is 17.6. The maximum Gasteiger partial charge on any atom is 0.191 e. The number of guanidine groups is 1. The van der Waals surface area contributed by atoms with Gasteiger partial charge < -0.3 is 15.4 Å². The van der Waals surface area contributed by atoms with E-state index < -0.39 is 0 Å². The first-order chi connectivity index (χ1) is 12.2. The summed E-state index contributed by atoms with van der Waals surface area (Å²) in [7, 11) is 3.46. The molecule has 2 N–H and O–H groups in total. The number of nitrogens with zero attached hydrogens (tertiary/aromatic N) is 4. The summed E-state index contributed by atoms with van der Waals surface area (Å²) < 4.78 is 7.53. The van der Waals surface area contributed by atoms with Crippen LogP contribution in [-0.2, 0) is 17.7 Å². The van der Waals surface area contributed by atoms with E-state index in [9.17, 15) is 0 Å². The van der Waals surface area contributed by atoms with E-state index in [0.29, 0.717) is 11.6 Å². The summed E-state index contributed by atoms with van der Waals surface area (Å²) in [5.74, 6) is 1.79. The Labute approximate surface area is 152 Å². The summed E-state index contributed by atoms with van der Waals surface area (Å²) >= 11 is 6.07. The van der Waals surface area contributed by atoms with Crippen LogP contribution in [0.3, 0.4) is 0 Å². The van der Waals surface area contributed by atoms with Gasteiger partial charge in [0.05, 0.1) is 12.6 Å². The van der Waals surface area contributed by atoms with E-state index >= 15 is 0 Å². The second-order valence-corrected chi connectivity index (χ2v) is 6.41. The van der Waals surface area contributed by atoms with Crippen LogP contribution in [0.15, 0.2) is 35.6 Å². The zero-order valence-electron chi connectivity index (χ0n) is 14.4. The van der Waals surface area contributed by atoms with Gasteiger partial charge in [0.1, 0.15) is 12.2 Å². The zero-order valence-corrected chi connectivity index (χ0v) is 15.2. The molecule has 0 amide bonds. The van der Waals surface area contributed by atoms with Crippen molar-refractivity contribution in [3.63, 3.8) is 0 Å². The molecule has 0 fully saturated rings. The van der Waals surface area contributed by atoms with Gasteiger partial charge >= 0.3 is 0 Å². The van der Waals surface area contributed by atoms with Gasteiger partial charge in [0.25, 0.3) is 0 Å². The number of ether oxygens (including phenoxy) is 1. The van der Waals surface area contributed by atoms with Gasteiger partial charge in [-0.25, -0.2) is 9.67 Å². The first-order valence-corrected chi connectivity index (χ1v) is 8.69. The quantitative estimate of drug-likeness (QED) is 0.626. The van der Waals surface area contributed by atoms with Gasteiger partial charge in [-0.2, -0.15) is 5.10 Å². The average molecular weight is 363 g/mol. The highest BCUT2D eigenvalue weighted by atomic mass is 35.5. The van der Waals surface area contributed by atoms with E-state index in [1.807, 2.05) is 28.9 Å². The Bertz CT molecular complexity index is 731. The van der Waals surface area contributed by atoms with E-state index in [4.69, 9.17) is 16.3 Å². The van der Waals surface area contributed by atoms with Crippen molar-refractivity contribution >= 4 is 17.6 Å². The lowest BCUT2D eigenvalue weighted by atomic mass is 10.1. The fourth-order valence-corrected chi connectivity index (χ4v) is 3.18. The van der Waals surface area contributed by atoms with Gasteiger partial charge in [-0.15, -0.1) is 0 Å². The Hall–Kier alpha value is -2.12. The van der Waals surface area contributed by atoms with Crippen LogP contribution in [0, 0.1) is 0 Å². The number of halogens is 1. The maximum absolute atomic E-state index is 6.07. The molecule has 8 heteroatoms. The Morgan fingerprint density at radius 2 is 2.40 bits per heavy atom. The average Bonchev–Trinajstić information content (AvgIpc) is 3.09. The van der Waals surface area contributed by atoms with Crippen LogP contribution >= 0.6 is 11.6 Å². The number of benzene rings is 1. The van der Waals surface area contributed by atoms with Crippen molar-refractivity contribution < 1.29 is 4.74 Å². The number of rotatable bonds is 5. The van der Waals surface area contributed by atoms with Crippen LogP contribution < -0.4 is 10.6 Å². The van der Waals surface area contributed by atoms with E-state index in [-0.39, 0.29) is 12.1 Å². The van der Waals surface area contributed by atoms with E-state index in [1.54, 1.807) is 20.5 Å². The second-order valence-electron chi connectivity index (χ2n) is 5.97. The topological polar surface area (TPSA) is 76.4 Å². The monoisotopic (exact) mass is 362 g/mol. The van der Waals surface area contributed by atoms with Crippen molar-refractivity contribution in [2.24, 2.45) is 4.99 Å². The van der Waals surface area contributed by atoms with E-state index in [0.717, 1.165) is 36.7 Å². The minimum Gasteiger partial charge on any atom is -0.375 e. The minimum atomic E-state index is -0.106. The Kier molecular flexibility index (Phi) is 5.88. The van der Waals surface area contributed by atoms with E-state index in [2.05, 4.69) is 25.7 Å². The standard InChI is InChI=1S/C17H23ClN6O/c1-19-17(23-14-6-7-16-21-11-22-24(16)10-14)20-9-15(25-2)12-4-3-5-13(18)8-12/h3-5,8,11,14-15H,6-7,9-10H2,1-2H3,(H2,19,20,23). The lowest BCUT2D eigenvalue weighted by molar-refractivity contribution is 0.106. The van der Waals surface area contributed by atoms with Gasteiger partial charge in [-0.1, -0.05) is 23.7 Å². The molecule has 7 nitrogen and oxygen atoms in total. The number of aliphatic imine (C=N–C) groups is 1. The molecule has 0 spiro atoms. The highest BCUT2D eigenvalue weighted by Gasteiger charge is 2.21. The summed E-state index contributed by atoms with van der Waals surface area (Å²) in [6.45, 7) is 1.38. The molecule has 2 heterocycles. The first-order valence-electron chi connectivity index (χ1n) is 8.31. The number of aromatic nitrogens is 3. The summed E-state index contributed by atoms with van der Waals surface area (Å²) in [5.41, 5.74) is 1.03. The van der Waals surface area contributed by atoms with Gasteiger partial charge in [0, 0.05) is 38.2 Å². The van der Waals surface area contributed by atoms with Crippen LogP contribution in [0.25, 0.3) is 0 Å². The van der Waals surface area contributed by atoms with Crippen LogP contribution in [-0.4, -0.2) is 47.5 Å². The van der Waals surface area contributed by atoms with Crippen LogP contribution in [0.1, 0.15) is 23.9 Å². The molecule has 3 rings (SSSR count). The smallest absolute Gasteiger partial charge is 0.191 e. The molecule has 0 bridgehead atoms. The second kappa shape index (κ2) is 8.31. The Morgan fingerprint density at radius 1 is 1.52 bits per heavy atom. The largest absolute Gasteiger partial charge is 0.375 e. The predicted molar refractivity (Wildman–Crippen MR) is 97.8 cm³/mol. The van der Waals surface area contributed by atoms with Crippen molar-refractivity contribution in [2.45, 2.75) is 31.5 Å². The summed E-state index contributed by atoms with van der Waals surface area (Å²) in [6.07, 6.45) is 3.42. The molecule has 0 saturated heterocycles. The molecule has 1 aliphatic heterocycles. The van der Waals surface area contributed by atoms with Crippen molar-refractivity contribution in [2.75, 3.05) is 20.7 Å². The lowest BCUT2D eigenvalue weighted by Crippen LogP contribution is -2.48. The number of fused-ring (bicyclic) bond motifs is 1. The maximum atomic E-state index is 6.07. The fourth-order valence-electron chi connectivity index (χ4n) is 2.98. The molecule has 0 saturated carbocycles. The minimum absolute atomic E-state index is 0.106. The SMILES string of the molecule is CN=C(NCC(OC)c1cccc(Cl)c1)NC1CCc2ncnn2C1. The molecule has 2 atom stereocenters. The van der Waals surface area contributed by atoms with Crippen LogP contribution in [0.2, 0.25) is 5.02 Å². The third kappa shape index (κ3) is 4.49. The molecule has 1 aromatic heterocycles. The van der Waals surface area contributed by atoms with Crippen molar-refractivity contribution in [1.82, 2.24) is 25.4 Å². The first kappa shape index (κ1) is 17.7. The van der Waals surface area contributed by atoms with E-state index in [1.165, 1.54) is 0 Å². The fraction of sp³-hybridized carbons (Fsp3) is 0.471. The highest BCUT2D eigenvalue weighted by molar-refractivity contribution is 6.30. The molecule has 2 aromatic rings. The molecule has 1 aliphatic rings. The third-order valence-corrected chi connectivity index (χ3v) is 4.56. The molecular weight excluding hydrogens is 340 g/mol. The molecule has 25 heavy (non-hydrogen) atoms. The van der Waals surface area contributed by atoms with Gasteiger partial charge in [-0.05, 0) is 24.1 Å². The van der Waals surface area contributed by atoms with Crippen LogP contribution in [0.5, 0.6) is 0 Å². The molecular formula is C17H23ClN6O. The number of aryl methyl sites for hydroxylation is 1. The molecule has 1 aromatic carbocycles. The number of hydrogen-bond donors (Lipinski definition) is 2. The van der Waals surface area contributed by atoms with Crippen molar-refractivity contribution in [3.05, 3.63) is 47.0 Å². The summed E-state index contributed by atoms with van der Waals surface area (Å²) in [5, 5.41) is 11.7. The molecule has 2 unspecified atom stereocenters. The van der Waals surface area contributed by atoms with Crippen LogP contribution in [0.4, 0.5) is 0 Å². The molecule has 0 aliphatic carbocycles. The summed E-state index contributed by atoms with van der Waals surface area (Å²) in [6, 6.07) is 7.97. The Morgan fingerprint density at radius 3 is 3.16 bits per heavy atom. The van der Waals surface area contributed by atoms with Gasteiger partial charge in [0.2, 0.25) is 0 Å². The lowest BCUT2D eigenvalue weighted by Gasteiger charge is -2.26. The molecule has 134 valence electrons. The number of hydrogen-bond acceptors (Lipinski definition) is 4. The van der Waals surface area contributed by atoms with Gasteiger partial charge in [0.15, 0.2) is 5.96 Å². The predicted octanol–water partition coefficient (Wildman–Crippen LogP) is 1.80. The Balaban J connectivity index is 1.55. The number of nitrogens with one attached hydrogen (secondary N) is 2. The molecule has 0 radical (unpaired) electrons. The normalized spacial score (nSPS) is 18.5. The van der Waals surface area contributed by atoms with Crippen molar-refractivity contribution in [1.29, 1.82) is 0 Å². The highest BCUT2D eigenvalue weighted by Crippen LogP contribution is 2.19. The number of methoxy groups -OCH3 is 1. The van der Waals surface area contributed by atoms with Gasteiger partial charge in [-0.3, -0.25) is 4.99 Å².